The summed E-state index contributed by atoms with van der Waals surface area (Å²) in [6.45, 7) is 6.89. The van der Waals surface area contributed by atoms with Crippen LogP contribution in [-0.2, 0) is 0 Å². The van der Waals surface area contributed by atoms with E-state index >= 15 is 0 Å². The summed E-state index contributed by atoms with van der Waals surface area (Å²) >= 11 is 11.9. The number of hydrogen-bond acceptors (Lipinski definition) is 1. The number of rotatable bonds is 2. The summed E-state index contributed by atoms with van der Waals surface area (Å²) in [5, 5.41) is 4.09. The van der Waals surface area contributed by atoms with Crippen molar-refractivity contribution in [1.29, 1.82) is 0 Å². The third-order valence-electron chi connectivity index (χ3n) is 4.41. The third-order valence-corrected chi connectivity index (χ3v) is 4.85. The number of hydrogen-bond donors (Lipinski definition) is 1. The van der Waals surface area contributed by atoms with Crippen LogP contribution in [0.25, 0.3) is 0 Å². The summed E-state index contributed by atoms with van der Waals surface area (Å²) < 4.78 is 0. The van der Waals surface area contributed by atoms with Gasteiger partial charge in [-0.05, 0) is 55.2 Å². The lowest BCUT2D eigenvalue weighted by Gasteiger charge is -2.37. The van der Waals surface area contributed by atoms with Gasteiger partial charge < -0.3 is 5.32 Å². The Morgan fingerprint density at radius 1 is 1.05 bits per heavy atom. The number of nitrogens with one attached hydrogen (secondary N) is 1. The van der Waals surface area contributed by atoms with Crippen LogP contribution in [0.15, 0.2) is 18.2 Å². The van der Waals surface area contributed by atoms with E-state index in [0.717, 1.165) is 18.8 Å². The van der Waals surface area contributed by atoms with Gasteiger partial charge in [-0.15, -0.1) is 0 Å². The molecule has 1 N–H and O–H groups in total. The van der Waals surface area contributed by atoms with E-state index < -0.39 is 0 Å². The monoisotopic (exact) mass is 327 g/mol. The Bertz CT molecular complexity index is 494. The molecule has 1 fully saturated rings. The highest BCUT2D eigenvalue weighted by molar-refractivity contribution is 6.35. The van der Waals surface area contributed by atoms with Crippen LogP contribution < -0.4 is 5.32 Å². The zero-order valence-electron chi connectivity index (χ0n) is 12.9. The zero-order valence-corrected chi connectivity index (χ0v) is 14.4. The maximum absolute atomic E-state index is 12.3. The Morgan fingerprint density at radius 3 is 2.05 bits per heavy atom. The van der Waals surface area contributed by atoms with Crippen molar-refractivity contribution < 1.29 is 4.79 Å². The predicted molar refractivity (Wildman–Crippen MR) is 89.1 cm³/mol. The average Bonchev–Trinajstić information content (AvgIpc) is 2.37. The average molecular weight is 328 g/mol. The van der Waals surface area contributed by atoms with Gasteiger partial charge in [0.2, 0.25) is 0 Å². The molecular weight excluding hydrogens is 305 g/mol. The summed E-state index contributed by atoms with van der Waals surface area (Å²) in [5.74, 6) is 0.657. The lowest BCUT2D eigenvalue weighted by atomic mass is 9.71. The van der Waals surface area contributed by atoms with Crippen LogP contribution in [-0.4, -0.2) is 11.9 Å². The van der Waals surface area contributed by atoms with Gasteiger partial charge in [0.15, 0.2) is 0 Å². The van der Waals surface area contributed by atoms with E-state index in [1.807, 2.05) is 0 Å². The fourth-order valence-electron chi connectivity index (χ4n) is 3.06. The van der Waals surface area contributed by atoms with Gasteiger partial charge in [0.1, 0.15) is 0 Å². The second kappa shape index (κ2) is 6.58. The number of benzene rings is 1. The molecule has 0 bridgehead atoms. The molecule has 1 aliphatic rings. The van der Waals surface area contributed by atoms with E-state index in [9.17, 15) is 4.79 Å². The molecular formula is C17H23Cl2NO. The van der Waals surface area contributed by atoms with Crippen molar-refractivity contribution in [3.8, 4) is 0 Å². The first-order valence-corrected chi connectivity index (χ1v) is 8.28. The van der Waals surface area contributed by atoms with Crippen LogP contribution >= 0.6 is 23.2 Å². The largest absolute Gasteiger partial charge is 0.349 e. The maximum atomic E-state index is 12.3. The Labute approximate surface area is 137 Å². The first-order valence-electron chi connectivity index (χ1n) is 7.52. The Hall–Kier alpha value is -0.730. The standard InChI is InChI=1S/C17H23Cl2NO/c1-17(2,3)12-4-6-15(7-5-12)20-16(21)11-8-13(18)10-14(19)9-11/h8-10,12,15H,4-7H2,1-3H3,(H,20,21). The van der Waals surface area contributed by atoms with Gasteiger partial charge in [-0.2, -0.15) is 0 Å². The maximum Gasteiger partial charge on any atom is 0.251 e. The molecule has 0 atom stereocenters. The second-order valence-corrected chi connectivity index (χ2v) is 7.92. The minimum atomic E-state index is -0.0846. The van der Waals surface area contributed by atoms with E-state index in [1.54, 1.807) is 18.2 Å². The number of carbonyl (C=O) groups excluding carboxylic acids is 1. The fraction of sp³-hybridized carbons (Fsp3) is 0.588. The fourth-order valence-corrected chi connectivity index (χ4v) is 3.58. The van der Waals surface area contributed by atoms with Crippen molar-refractivity contribution in [1.82, 2.24) is 5.32 Å². The molecule has 116 valence electrons. The van der Waals surface area contributed by atoms with Crippen molar-refractivity contribution in [2.24, 2.45) is 11.3 Å². The van der Waals surface area contributed by atoms with Crippen molar-refractivity contribution >= 4 is 29.1 Å². The van der Waals surface area contributed by atoms with Crippen LogP contribution in [0.3, 0.4) is 0 Å². The van der Waals surface area contributed by atoms with Crippen molar-refractivity contribution in [2.75, 3.05) is 0 Å². The molecule has 0 saturated heterocycles. The van der Waals surface area contributed by atoms with Gasteiger partial charge in [-0.1, -0.05) is 44.0 Å². The van der Waals surface area contributed by atoms with Gasteiger partial charge in [-0.25, -0.2) is 0 Å². The molecule has 2 nitrogen and oxygen atoms in total. The van der Waals surface area contributed by atoms with Gasteiger partial charge in [-0.3, -0.25) is 4.79 Å². The van der Waals surface area contributed by atoms with Gasteiger partial charge in [0, 0.05) is 21.7 Å². The molecule has 1 aromatic carbocycles. The molecule has 0 aliphatic heterocycles. The molecule has 0 radical (unpaired) electrons. The van der Waals surface area contributed by atoms with Crippen LogP contribution in [0.5, 0.6) is 0 Å². The quantitative estimate of drug-likeness (QED) is 0.781. The lowest BCUT2D eigenvalue weighted by Crippen LogP contribution is -2.39. The Kier molecular flexibility index (Phi) is 5.21. The molecule has 21 heavy (non-hydrogen) atoms. The highest BCUT2D eigenvalue weighted by Crippen LogP contribution is 2.37. The molecule has 1 aliphatic carbocycles. The topological polar surface area (TPSA) is 29.1 Å². The number of halogens is 2. The highest BCUT2D eigenvalue weighted by Gasteiger charge is 2.30. The third kappa shape index (κ3) is 4.62. The minimum Gasteiger partial charge on any atom is -0.349 e. The molecule has 2 rings (SSSR count). The van der Waals surface area contributed by atoms with Crippen LogP contribution in [0.4, 0.5) is 0 Å². The summed E-state index contributed by atoms with van der Waals surface area (Å²) in [6, 6.07) is 5.20. The number of amides is 1. The lowest BCUT2D eigenvalue weighted by molar-refractivity contribution is 0.0904. The van der Waals surface area contributed by atoms with Crippen molar-refractivity contribution in [3.05, 3.63) is 33.8 Å². The first-order chi connectivity index (χ1) is 9.75. The summed E-state index contributed by atoms with van der Waals surface area (Å²) in [4.78, 5) is 12.3. The van der Waals surface area contributed by atoms with Gasteiger partial charge >= 0.3 is 0 Å². The Balaban J connectivity index is 1.93. The van der Waals surface area contributed by atoms with Crippen LogP contribution in [0.1, 0.15) is 56.8 Å². The van der Waals surface area contributed by atoms with Crippen LogP contribution in [0, 0.1) is 11.3 Å². The van der Waals surface area contributed by atoms with Gasteiger partial charge in [0.25, 0.3) is 5.91 Å². The van der Waals surface area contributed by atoms with E-state index in [0.29, 0.717) is 21.0 Å². The predicted octanol–water partition coefficient (Wildman–Crippen LogP) is 5.33. The molecule has 1 saturated carbocycles. The molecule has 0 unspecified atom stereocenters. The van der Waals surface area contributed by atoms with E-state index in [2.05, 4.69) is 26.1 Å². The Morgan fingerprint density at radius 2 is 1.57 bits per heavy atom. The molecule has 1 aromatic rings. The summed E-state index contributed by atoms with van der Waals surface area (Å²) in [7, 11) is 0. The zero-order chi connectivity index (χ0) is 15.6. The molecule has 1 amide bonds. The van der Waals surface area contributed by atoms with E-state index in [4.69, 9.17) is 23.2 Å². The highest BCUT2D eigenvalue weighted by atomic mass is 35.5. The minimum absolute atomic E-state index is 0.0846. The SMILES string of the molecule is CC(C)(C)C1CCC(NC(=O)c2cc(Cl)cc(Cl)c2)CC1. The molecule has 0 heterocycles. The molecule has 4 heteroatoms. The number of carbonyl (C=O) groups is 1. The van der Waals surface area contributed by atoms with Crippen LogP contribution in [0.2, 0.25) is 10.0 Å². The summed E-state index contributed by atoms with van der Waals surface area (Å²) in [5.41, 5.74) is 0.889. The first kappa shape index (κ1) is 16.6. The molecule has 0 aromatic heterocycles. The smallest absolute Gasteiger partial charge is 0.251 e. The molecule has 0 spiro atoms. The second-order valence-electron chi connectivity index (χ2n) is 7.05. The van der Waals surface area contributed by atoms with E-state index in [-0.39, 0.29) is 11.9 Å². The normalized spacial score (nSPS) is 22.9. The van der Waals surface area contributed by atoms with Crippen molar-refractivity contribution in [2.45, 2.75) is 52.5 Å². The van der Waals surface area contributed by atoms with E-state index in [1.165, 1.54) is 12.8 Å². The summed E-state index contributed by atoms with van der Waals surface area (Å²) in [6.07, 6.45) is 4.43. The van der Waals surface area contributed by atoms with Crippen molar-refractivity contribution in [3.63, 3.8) is 0 Å². The van der Waals surface area contributed by atoms with Gasteiger partial charge in [0.05, 0.1) is 0 Å².